The molecule has 8 N–H and O–H groups in total. The molecule has 1 aliphatic rings. The van der Waals surface area contributed by atoms with E-state index in [0.29, 0.717) is 23.5 Å². The first-order valence-electron chi connectivity index (χ1n) is 13.5. The number of rotatable bonds is 10. The van der Waals surface area contributed by atoms with Crippen molar-refractivity contribution in [3.63, 3.8) is 0 Å². The minimum absolute atomic E-state index is 0.0295. The maximum Gasteiger partial charge on any atom is 0.409 e. The largest absolute Gasteiger partial charge is 0.489 e. The number of amides is 4. The van der Waals surface area contributed by atoms with Gasteiger partial charge < -0.3 is 46.6 Å². The van der Waals surface area contributed by atoms with Gasteiger partial charge in [0.1, 0.15) is 35.4 Å². The van der Waals surface area contributed by atoms with E-state index in [4.69, 9.17) is 46.6 Å². The molecule has 0 aliphatic heterocycles. The summed E-state index contributed by atoms with van der Waals surface area (Å²) in [4.78, 5) is 46.4. The average molecular weight is 613 g/mol. The van der Waals surface area contributed by atoms with Gasteiger partial charge in [-0.2, -0.15) is 0 Å². The van der Waals surface area contributed by atoms with Crippen LogP contribution in [0, 0.1) is 0 Å². The Morgan fingerprint density at radius 2 is 0.956 bits per heavy atom. The summed E-state index contributed by atoms with van der Waals surface area (Å²) in [7, 11) is 0. The fourth-order valence-electron chi connectivity index (χ4n) is 5.36. The Bertz CT molecular complexity index is 1660. The van der Waals surface area contributed by atoms with Gasteiger partial charge in [-0.15, -0.1) is 0 Å². The van der Waals surface area contributed by atoms with Gasteiger partial charge in [0.2, 0.25) is 0 Å². The van der Waals surface area contributed by atoms with E-state index >= 15 is 0 Å². The molecule has 0 radical (unpaired) electrons. The van der Waals surface area contributed by atoms with Gasteiger partial charge in [-0.25, -0.2) is 19.2 Å². The fourth-order valence-corrected chi connectivity index (χ4v) is 5.36. The minimum atomic E-state index is -1.09. The first-order chi connectivity index (χ1) is 21.6. The zero-order chi connectivity index (χ0) is 32.1. The lowest BCUT2D eigenvalue weighted by atomic mass is 10.0. The van der Waals surface area contributed by atoms with E-state index in [0.717, 1.165) is 11.1 Å². The number of carbonyl (C=O) groups is 4. The zero-order valence-electron chi connectivity index (χ0n) is 23.6. The Morgan fingerprint density at radius 3 is 1.40 bits per heavy atom. The van der Waals surface area contributed by atoms with E-state index < -0.39 is 24.4 Å². The number of benzene rings is 4. The summed E-state index contributed by atoms with van der Waals surface area (Å²) < 4.78 is 26.5. The number of carbonyl (C=O) groups excluding carboxylic acids is 4. The fraction of sp³-hybridized carbons (Fsp3) is 0.125. The summed E-state index contributed by atoms with van der Waals surface area (Å²) in [5.41, 5.74) is 24.0. The maximum atomic E-state index is 11.8. The van der Waals surface area contributed by atoms with Crippen molar-refractivity contribution in [3.8, 4) is 28.7 Å². The number of nitrogens with two attached hydrogens (primary N) is 4. The normalized spacial score (nSPS) is 16.6. The highest BCUT2D eigenvalue weighted by Crippen LogP contribution is 2.69. The van der Waals surface area contributed by atoms with Gasteiger partial charge in [-0.3, -0.25) is 0 Å². The number of ether oxygens (including phenoxy) is 5. The standard InChI is InChI=1S/C32H28N4O9/c33-29(37)42-20-10-12-22(24(14-20)44-31(35)39)27-26(18-6-8-19(9-7-18)41-16-17-4-2-1-3-5-17)28(27)23-13-11-21(43-30(34)38)15-25(23)45-32(36)40/h1-15,26-28H,16H2,(H2,33,37)(H2,34,38)(H2,35,39)(H2,36,40). The molecule has 0 saturated heterocycles. The third kappa shape index (κ3) is 7.40. The van der Waals surface area contributed by atoms with Crippen LogP contribution in [-0.2, 0) is 6.61 Å². The van der Waals surface area contributed by atoms with Gasteiger partial charge in [0.15, 0.2) is 0 Å². The third-order valence-corrected chi connectivity index (χ3v) is 7.08. The van der Waals surface area contributed by atoms with Gasteiger partial charge in [0.25, 0.3) is 0 Å². The molecule has 0 heterocycles. The van der Waals surface area contributed by atoms with Gasteiger partial charge >= 0.3 is 24.4 Å². The van der Waals surface area contributed by atoms with Crippen molar-refractivity contribution in [1.29, 1.82) is 0 Å². The molecule has 13 heteroatoms. The minimum Gasteiger partial charge on any atom is -0.489 e. The lowest BCUT2D eigenvalue weighted by Gasteiger charge is -2.13. The smallest absolute Gasteiger partial charge is 0.409 e. The van der Waals surface area contributed by atoms with E-state index in [2.05, 4.69) is 0 Å². The molecule has 13 nitrogen and oxygen atoms in total. The number of hydrogen-bond donors (Lipinski definition) is 4. The highest BCUT2D eigenvalue weighted by Gasteiger charge is 2.55. The van der Waals surface area contributed by atoms with Crippen LogP contribution in [0.4, 0.5) is 19.2 Å². The van der Waals surface area contributed by atoms with Crippen molar-refractivity contribution >= 4 is 24.4 Å². The zero-order valence-corrected chi connectivity index (χ0v) is 23.6. The molecule has 1 fully saturated rings. The summed E-state index contributed by atoms with van der Waals surface area (Å²) in [5, 5.41) is 0. The molecule has 4 aromatic carbocycles. The highest BCUT2D eigenvalue weighted by molar-refractivity contribution is 5.73. The van der Waals surface area contributed by atoms with Crippen LogP contribution in [0.1, 0.15) is 40.0 Å². The predicted molar refractivity (Wildman–Crippen MR) is 159 cm³/mol. The van der Waals surface area contributed by atoms with Gasteiger partial charge in [0, 0.05) is 24.0 Å². The third-order valence-electron chi connectivity index (χ3n) is 7.08. The molecule has 4 amide bonds. The number of hydrogen-bond acceptors (Lipinski definition) is 9. The molecule has 1 aliphatic carbocycles. The molecule has 4 aromatic rings. The van der Waals surface area contributed by atoms with E-state index in [9.17, 15) is 19.2 Å². The lowest BCUT2D eigenvalue weighted by Crippen LogP contribution is -2.19. The Morgan fingerprint density at radius 1 is 0.511 bits per heavy atom. The first-order valence-corrected chi connectivity index (χ1v) is 13.5. The second-order valence-corrected chi connectivity index (χ2v) is 10.0. The molecule has 0 spiro atoms. The van der Waals surface area contributed by atoms with Crippen LogP contribution in [0.3, 0.4) is 0 Å². The topological polar surface area (TPSA) is 219 Å². The Hall–Kier alpha value is -6.24. The monoisotopic (exact) mass is 612 g/mol. The molecule has 0 aromatic heterocycles. The quantitative estimate of drug-likeness (QED) is 0.194. The molecule has 45 heavy (non-hydrogen) atoms. The van der Waals surface area contributed by atoms with E-state index in [1.165, 1.54) is 24.3 Å². The van der Waals surface area contributed by atoms with Gasteiger partial charge in [-0.1, -0.05) is 54.6 Å². The van der Waals surface area contributed by atoms with Crippen LogP contribution < -0.4 is 46.6 Å². The second kappa shape index (κ2) is 13.0. The summed E-state index contributed by atoms with van der Waals surface area (Å²) in [5.74, 6) is -0.242. The van der Waals surface area contributed by atoms with Crippen molar-refractivity contribution < 1.29 is 42.9 Å². The Labute approximate surface area is 256 Å². The van der Waals surface area contributed by atoms with Crippen molar-refractivity contribution in [2.45, 2.75) is 24.4 Å². The van der Waals surface area contributed by atoms with Crippen LogP contribution in [0.5, 0.6) is 28.7 Å². The molecule has 2 unspecified atom stereocenters. The van der Waals surface area contributed by atoms with E-state index in [1.54, 1.807) is 12.1 Å². The first kappa shape index (κ1) is 30.2. The van der Waals surface area contributed by atoms with Crippen molar-refractivity contribution in [2.75, 3.05) is 0 Å². The molecule has 0 bridgehead atoms. The highest BCUT2D eigenvalue weighted by atomic mass is 16.6. The lowest BCUT2D eigenvalue weighted by molar-refractivity contribution is 0.206. The SMILES string of the molecule is NC(=O)Oc1ccc(C2C(c3ccc(OCc4ccccc4)cc3)C2c2ccc(OC(N)=O)cc2OC(N)=O)c(OC(N)=O)c1. The summed E-state index contributed by atoms with van der Waals surface area (Å²) in [6, 6.07) is 26.0. The van der Waals surface area contributed by atoms with E-state index in [1.807, 2.05) is 54.6 Å². The van der Waals surface area contributed by atoms with Crippen molar-refractivity contribution in [2.24, 2.45) is 22.9 Å². The second-order valence-electron chi connectivity index (χ2n) is 10.0. The molecule has 5 rings (SSSR count). The van der Waals surface area contributed by atoms with Gasteiger partial charge in [-0.05, 0) is 52.4 Å². The molecule has 1 saturated carbocycles. The van der Waals surface area contributed by atoms with Crippen LogP contribution in [0.15, 0.2) is 91.0 Å². The predicted octanol–water partition coefficient (Wildman–Crippen LogP) is 4.76. The summed E-state index contributed by atoms with van der Waals surface area (Å²) in [6.45, 7) is 0.385. The van der Waals surface area contributed by atoms with Gasteiger partial charge in [0.05, 0.1) is 0 Å². The average Bonchev–Trinajstić information content (AvgIpc) is 3.71. The molecular weight excluding hydrogens is 584 g/mol. The molecule has 2 atom stereocenters. The van der Waals surface area contributed by atoms with Crippen LogP contribution in [0.2, 0.25) is 0 Å². The van der Waals surface area contributed by atoms with Crippen molar-refractivity contribution in [3.05, 3.63) is 113 Å². The Kier molecular flexibility index (Phi) is 8.70. The summed E-state index contributed by atoms with van der Waals surface area (Å²) >= 11 is 0. The van der Waals surface area contributed by atoms with Crippen molar-refractivity contribution in [1.82, 2.24) is 0 Å². The maximum absolute atomic E-state index is 11.8. The summed E-state index contributed by atoms with van der Waals surface area (Å²) in [6.07, 6.45) is -4.30. The van der Waals surface area contributed by atoms with E-state index in [-0.39, 0.29) is 40.8 Å². The van der Waals surface area contributed by atoms with Crippen LogP contribution in [0.25, 0.3) is 0 Å². The number of primary amides is 4. The molecular formula is C32H28N4O9. The Balaban J connectivity index is 1.54. The van der Waals surface area contributed by atoms with Crippen LogP contribution in [-0.4, -0.2) is 24.4 Å². The molecule has 230 valence electrons. The van der Waals surface area contributed by atoms with Crippen LogP contribution >= 0.6 is 0 Å².